The van der Waals surface area contributed by atoms with Crippen molar-refractivity contribution in [1.82, 2.24) is 4.98 Å². The zero-order valence-corrected chi connectivity index (χ0v) is 14.7. The van der Waals surface area contributed by atoms with Gasteiger partial charge < -0.3 is 5.32 Å². The van der Waals surface area contributed by atoms with Gasteiger partial charge in [-0.1, -0.05) is 44.2 Å². The number of hydrogen-bond donors (Lipinski definition) is 1. The first-order valence-electron chi connectivity index (χ1n) is 8.45. The quantitative estimate of drug-likeness (QED) is 0.542. The summed E-state index contributed by atoms with van der Waals surface area (Å²) in [7, 11) is 0. The third kappa shape index (κ3) is 3.79. The maximum absolute atomic E-state index is 12.5. The summed E-state index contributed by atoms with van der Waals surface area (Å²) in [6.45, 7) is 4.25. The normalized spacial score (nSPS) is 11.4. The molecule has 0 atom stereocenters. The third-order valence-electron chi connectivity index (χ3n) is 4.17. The van der Waals surface area contributed by atoms with Crippen molar-refractivity contribution in [1.29, 1.82) is 5.26 Å². The summed E-state index contributed by atoms with van der Waals surface area (Å²) >= 11 is 0. The van der Waals surface area contributed by atoms with Gasteiger partial charge in [-0.3, -0.25) is 9.78 Å². The minimum Gasteiger partial charge on any atom is -0.321 e. The van der Waals surface area contributed by atoms with Gasteiger partial charge in [0.2, 0.25) is 0 Å². The number of nitrogens with one attached hydrogen (secondary N) is 1. The van der Waals surface area contributed by atoms with Crippen molar-refractivity contribution in [3.05, 3.63) is 77.5 Å². The zero-order chi connectivity index (χ0) is 18.5. The molecular weight excluding hydrogens is 322 g/mol. The molecule has 0 radical (unpaired) electrons. The van der Waals surface area contributed by atoms with Crippen LogP contribution in [-0.2, 0) is 4.79 Å². The molecule has 0 spiro atoms. The van der Waals surface area contributed by atoms with Gasteiger partial charge in [0.05, 0.1) is 11.2 Å². The molecule has 0 aliphatic rings. The smallest absolute Gasteiger partial charge is 0.266 e. The van der Waals surface area contributed by atoms with Crippen LogP contribution in [0, 0.1) is 11.3 Å². The average molecular weight is 341 g/mol. The molecule has 0 aliphatic heterocycles. The minimum atomic E-state index is -0.434. The number of pyridine rings is 1. The van der Waals surface area contributed by atoms with Gasteiger partial charge in [0.1, 0.15) is 11.6 Å². The van der Waals surface area contributed by atoms with Crippen LogP contribution in [0.1, 0.15) is 30.9 Å². The van der Waals surface area contributed by atoms with Gasteiger partial charge in [-0.15, -0.1) is 0 Å². The fraction of sp³-hybridized carbons (Fsp3) is 0.136. The Morgan fingerprint density at radius 3 is 2.58 bits per heavy atom. The number of rotatable bonds is 4. The maximum atomic E-state index is 12.5. The fourth-order valence-corrected chi connectivity index (χ4v) is 2.69. The standard InChI is InChI=1S/C22H19N3O/c1-15(2)17-10-8-16(9-11-17)13-18(14-23)22(26)25-21-7-3-6-20-19(21)5-4-12-24-20/h3-13,15H,1-2H3,(H,25,26)/b18-13-. The fourth-order valence-electron chi connectivity index (χ4n) is 2.69. The van der Waals surface area contributed by atoms with E-state index < -0.39 is 5.91 Å². The van der Waals surface area contributed by atoms with Crippen LogP contribution in [0.15, 0.2) is 66.4 Å². The Morgan fingerprint density at radius 1 is 1.12 bits per heavy atom. The number of carbonyl (C=O) groups excluding carboxylic acids is 1. The van der Waals surface area contributed by atoms with Gasteiger partial charge in [-0.25, -0.2) is 0 Å². The van der Waals surface area contributed by atoms with Crippen LogP contribution in [-0.4, -0.2) is 10.9 Å². The molecule has 1 heterocycles. The summed E-state index contributed by atoms with van der Waals surface area (Å²) < 4.78 is 0. The molecule has 26 heavy (non-hydrogen) atoms. The first-order valence-corrected chi connectivity index (χ1v) is 8.45. The Morgan fingerprint density at radius 2 is 1.88 bits per heavy atom. The summed E-state index contributed by atoms with van der Waals surface area (Å²) in [6.07, 6.45) is 3.30. The lowest BCUT2D eigenvalue weighted by molar-refractivity contribution is -0.112. The second-order valence-corrected chi connectivity index (χ2v) is 6.32. The predicted molar refractivity (Wildman–Crippen MR) is 104 cm³/mol. The van der Waals surface area contributed by atoms with Gasteiger partial charge in [0, 0.05) is 11.6 Å². The van der Waals surface area contributed by atoms with Crippen molar-refractivity contribution >= 4 is 28.6 Å². The first kappa shape index (κ1) is 17.4. The van der Waals surface area contributed by atoms with E-state index in [1.165, 1.54) is 5.56 Å². The van der Waals surface area contributed by atoms with E-state index in [0.717, 1.165) is 16.5 Å². The van der Waals surface area contributed by atoms with Gasteiger partial charge in [-0.2, -0.15) is 5.26 Å². The second-order valence-electron chi connectivity index (χ2n) is 6.32. The van der Waals surface area contributed by atoms with Crippen LogP contribution in [0.5, 0.6) is 0 Å². The number of fused-ring (bicyclic) bond motifs is 1. The Labute approximate surface area is 152 Å². The number of hydrogen-bond acceptors (Lipinski definition) is 3. The van der Waals surface area contributed by atoms with Crippen molar-refractivity contribution in [2.45, 2.75) is 19.8 Å². The Balaban J connectivity index is 1.86. The van der Waals surface area contributed by atoms with E-state index in [1.54, 1.807) is 18.3 Å². The molecule has 0 saturated carbocycles. The number of aromatic nitrogens is 1. The van der Waals surface area contributed by atoms with Crippen LogP contribution in [0.25, 0.3) is 17.0 Å². The third-order valence-corrected chi connectivity index (χ3v) is 4.17. The molecule has 1 N–H and O–H groups in total. The second kappa shape index (κ2) is 7.62. The molecule has 2 aromatic carbocycles. The molecule has 0 unspecified atom stereocenters. The minimum absolute atomic E-state index is 0.0585. The zero-order valence-electron chi connectivity index (χ0n) is 14.7. The van der Waals surface area contributed by atoms with E-state index in [2.05, 4.69) is 24.1 Å². The lowest BCUT2D eigenvalue weighted by atomic mass is 10.0. The van der Waals surface area contributed by atoms with E-state index in [9.17, 15) is 10.1 Å². The van der Waals surface area contributed by atoms with Crippen molar-refractivity contribution in [3.63, 3.8) is 0 Å². The monoisotopic (exact) mass is 341 g/mol. The van der Waals surface area contributed by atoms with Crippen LogP contribution in [0.4, 0.5) is 5.69 Å². The van der Waals surface area contributed by atoms with Gasteiger partial charge in [-0.05, 0) is 47.4 Å². The van der Waals surface area contributed by atoms with Crippen molar-refractivity contribution < 1.29 is 4.79 Å². The van der Waals surface area contributed by atoms with Crippen LogP contribution in [0.2, 0.25) is 0 Å². The highest BCUT2D eigenvalue weighted by molar-refractivity contribution is 6.12. The lowest BCUT2D eigenvalue weighted by Crippen LogP contribution is -2.13. The first-order chi connectivity index (χ1) is 12.6. The molecule has 3 rings (SSSR count). The number of benzene rings is 2. The Kier molecular flexibility index (Phi) is 5.09. The molecule has 0 fully saturated rings. The molecule has 4 heteroatoms. The summed E-state index contributed by atoms with van der Waals surface area (Å²) in [4.78, 5) is 16.8. The number of carbonyl (C=O) groups is 1. The Hall–Kier alpha value is -3.45. The van der Waals surface area contributed by atoms with Gasteiger partial charge in [0.15, 0.2) is 0 Å². The highest BCUT2D eigenvalue weighted by atomic mass is 16.1. The largest absolute Gasteiger partial charge is 0.321 e. The van der Waals surface area contributed by atoms with Gasteiger partial charge >= 0.3 is 0 Å². The molecule has 0 aliphatic carbocycles. The van der Waals surface area contributed by atoms with E-state index in [0.29, 0.717) is 11.6 Å². The van der Waals surface area contributed by atoms with Crippen molar-refractivity contribution in [2.24, 2.45) is 0 Å². The lowest BCUT2D eigenvalue weighted by Gasteiger charge is -2.08. The maximum Gasteiger partial charge on any atom is 0.266 e. The molecule has 3 aromatic rings. The highest BCUT2D eigenvalue weighted by Gasteiger charge is 2.11. The molecule has 4 nitrogen and oxygen atoms in total. The molecule has 1 amide bonds. The molecular formula is C22H19N3O. The van der Waals surface area contributed by atoms with Crippen LogP contribution < -0.4 is 5.32 Å². The molecule has 128 valence electrons. The predicted octanol–water partition coefficient (Wildman–Crippen LogP) is 4.90. The summed E-state index contributed by atoms with van der Waals surface area (Å²) in [5.74, 6) is 0.00326. The molecule has 1 aromatic heterocycles. The van der Waals surface area contributed by atoms with Crippen LogP contribution in [0.3, 0.4) is 0 Å². The summed E-state index contributed by atoms with van der Waals surface area (Å²) in [6, 6.07) is 19.1. The van der Waals surface area contributed by atoms with Crippen molar-refractivity contribution in [2.75, 3.05) is 5.32 Å². The average Bonchev–Trinajstić information content (AvgIpc) is 2.66. The summed E-state index contributed by atoms with van der Waals surface area (Å²) in [5, 5.41) is 13.1. The van der Waals surface area contributed by atoms with Crippen molar-refractivity contribution in [3.8, 4) is 6.07 Å². The highest BCUT2D eigenvalue weighted by Crippen LogP contribution is 2.22. The summed E-state index contributed by atoms with van der Waals surface area (Å²) in [5.41, 5.74) is 3.52. The van der Waals surface area contributed by atoms with E-state index >= 15 is 0 Å². The number of anilines is 1. The SMILES string of the molecule is CC(C)c1ccc(/C=C(/C#N)C(=O)Nc2cccc3ncccc23)cc1. The topological polar surface area (TPSA) is 65.8 Å². The number of amides is 1. The van der Waals surface area contributed by atoms with E-state index in [1.807, 2.05) is 54.6 Å². The Bertz CT molecular complexity index is 1010. The molecule has 0 saturated heterocycles. The van der Waals surface area contributed by atoms with E-state index in [-0.39, 0.29) is 5.57 Å². The molecule has 0 bridgehead atoms. The van der Waals surface area contributed by atoms with Crippen LogP contribution >= 0.6 is 0 Å². The van der Waals surface area contributed by atoms with E-state index in [4.69, 9.17) is 0 Å². The number of nitrogens with zero attached hydrogens (tertiary/aromatic N) is 2. The van der Waals surface area contributed by atoms with Gasteiger partial charge in [0.25, 0.3) is 5.91 Å². The number of nitriles is 1.